The largest absolute Gasteiger partial charge is 0.335 e. The van der Waals surface area contributed by atoms with Gasteiger partial charge in [-0.3, -0.25) is 0 Å². The smallest absolute Gasteiger partial charge is 0.318 e. The summed E-state index contributed by atoms with van der Waals surface area (Å²) in [6.07, 6.45) is 13.4. The predicted molar refractivity (Wildman–Crippen MR) is 115 cm³/mol. The molecule has 7 heteroatoms. The van der Waals surface area contributed by atoms with E-state index in [2.05, 4.69) is 15.3 Å². The van der Waals surface area contributed by atoms with E-state index in [0.29, 0.717) is 13.1 Å². The first-order chi connectivity index (χ1) is 14.8. The lowest BCUT2D eigenvalue weighted by molar-refractivity contribution is 0.183. The van der Waals surface area contributed by atoms with Crippen LogP contribution in [0.5, 0.6) is 0 Å². The molecule has 30 heavy (non-hydrogen) atoms. The van der Waals surface area contributed by atoms with Gasteiger partial charge in [0.25, 0.3) is 0 Å². The Hall–Kier alpha value is -3.35. The summed E-state index contributed by atoms with van der Waals surface area (Å²) < 4.78 is 4.07. The van der Waals surface area contributed by atoms with Gasteiger partial charge in [0.2, 0.25) is 0 Å². The molecule has 1 N–H and O–H groups in total. The van der Waals surface area contributed by atoms with Crippen molar-refractivity contribution in [2.75, 3.05) is 0 Å². The van der Waals surface area contributed by atoms with Gasteiger partial charge in [-0.05, 0) is 37.1 Å². The number of rotatable bonds is 5. The number of hydrogen-bond donors (Lipinski definition) is 1. The van der Waals surface area contributed by atoms with E-state index < -0.39 is 0 Å². The van der Waals surface area contributed by atoms with E-state index in [1.54, 1.807) is 0 Å². The quantitative estimate of drug-likeness (QED) is 0.548. The highest BCUT2D eigenvalue weighted by atomic mass is 16.2. The Morgan fingerprint density at radius 2 is 1.47 bits per heavy atom. The second-order valence-corrected chi connectivity index (χ2v) is 8.00. The lowest BCUT2D eigenvalue weighted by atomic mass is 9.96. The highest BCUT2D eigenvalue weighted by Crippen LogP contribution is 2.19. The number of carbonyl (C=O) groups is 1. The molecule has 2 amide bonds. The third-order valence-electron chi connectivity index (χ3n) is 5.91. The van der Waals surface area contributed by atoms with Crippen LogP contribution in [0, 0.1) is 0 Å². The minimum atomic E-state index is -0.0290. The summed E-state index contributed by atoms with van der Waals surface area (Å²) in [4.78, 5) is 24.1. The molecule has 4 aromatic rings. The van der Waals surface area contributed by atoms with Gasteiger partial charge in [0.1, 0.15) is 11.3 Å². The summed E-state index contributed by atoms with van der Waals surface area (Å²) in [5, 5.41) is 3.27. The van der Waals surface area contributed by atoms with Gasteiger partial charge >= 0.3 is 6.03 Å². The summed E-state index contributed by atoms with van der Waals surface area (Å²) in [5.41, 5.74) is 3.74. The van der Waals surface area contributed by atoms with E-state index in [9.17, 15) is 4.79 Å². The number of amides is 2. The molecule has 4 heterocycles. The zero-order valence-corrected chi connectivity index (χ0v) is 16.9. The lowest BCUT2D eigenvalue weighted by Crippen LogP contribution is -2.45. The third-order valence-corrected chi connectivity index (χ3v) is 5.91. The van der Waals surface area contributed by atoms with Crippen LogP contribution in [0.15, 0.2) is 61.2 Å². The molecule has 1 fully saturated rings. The maximum Gasteiger partial charge on any atom is 0.318 e. The summed E-state index contributed by atoms with van der Waals surface area (Å²) >= 11 is 0. The Bertz CT molecular complexity index is 1080. The molecule has 0 spiro atoms. The van der Waals surface area contributed by atoms with E-state index in [1.165, 1.54) is 19.3 Å². The van der Waals surface area contributed by atoms with Gasteiger partial charge in [-0.2, -0.15) is 0 Å². The maximum atomic E-state index is 13.3. The lowest BCUT2D eigenvalue weighted by Gasteiger charge is -2.28. The molecule has 1 saturated carbocycles. The first-order valence-corrected chi connectivity index (χ1v) is 10.7. The van der Waals surface area contributed by atoms with Crippen molar-refractivity contribution in [2.24, 2.45) is 0 Å². The Kier molecular flexibility index (Phi) is 5.09. The van der Waals surface area contributed by atoms with E-state index in [-0.39, 0.29) is 12.1 Å². The van der Waals surface area contributed by atoms with Crippen LogP contribution in [0.4, 0.5) is 4.79 Å². The second kappa shape index (κ2) is 8.18. The molecule has 5 rings (SSSR count). The third kappa shape index (κ3) is 3.75. The van der Waals surface area contributed by atoms with Gasteiger partial charge < -0.3 is 19.0 Å². The number of carbonyl (C=O) groups excluding carboxylic acids is 1. The highest BCUT2D eigenvalue weighted by molar-refractivity contribution is 5.74. The van der Waals surface area contributed by atoms with Crippen molar-refractivity contribution < 1.29 is 4.79 Å². The fraction of sp³-hybridized carbons (Fsp3) is 0.348. The van der Waals surface area contributed by atoms with E-state index in [1.807, 2.05) is 74.9 Å². The minimum Gasteiger partial charge on any atom is -0.335 e. The maximum absolute atomic E-state index is 13.3. The van der Waals surface area contributed by atoms with E-state index >= 15 is 0 Å². The second-order valence-electron chi connectivity index (χ2n) is 8.00. The molecule has 7 nitrogen and oxygen atoms in total. The van der Waals surface area contributed by atoms with Gasteiger partial charge in [0, 0.05) is 18.4 Å². The minimum absolute atomic E-state index is 0.0290. The van der Waals surface area contributed by atoms with E-state index in [0.717, 1.165) is 35.5 Å². The predicted octanol–water partition coefficient (Wildman–Crippen LogP) is 4.03. The molecular weight excluding hydrogens is 376 g/mol. The summed E-state index contributed by atoms with van der Waals surface area (Å²) in [5.74, 6) is 0. The average Bonchev–Trinajstić information content (AvgIpc) is 3.38. The Morgan fingerprint density at radius 1 is 0.900 bits per heavy atom. The van der Waals surface area contributed by atoms with Gasteiger partial charge in [-0.25, -0.2) is 14.8 Å². The summed E-state index contributed by atoms with van der Waals surface area (Å²) in [6.45, 7) is 0.952. The molecule has 0 atom stereocenters. The van der Waals surface area contributed by atoms with Crippen molar-refractivity contribution in [1.82, 2.24) is 29.0 Å². The molecule has 0 bridgehead atoms. The monoisotopic (exact) mass is 402 g/mol. The van der Waals surface area contributed by atoms with Crippen LogP contribution in [0.1, 0.15) is 43.5 Å². The van der Waals surface area contributed by atoms with Crippen LogP contribution >= 0.6 is 0 Å². The molecule has 0 unspecified atom stereocenters. The Morgan fingerprint density at radius 3 is 2.03 bits per heavy atom. The molecule has 1 aliphatic rings. The Balaban J connectivity index is 1.42. The first-order valence-electron chi connectivity index (χ1n) is 10.7. The fourth-order valence-electron chi connectivity index (χ4n) is 4.31. The van der Waals surface area contributed by atoms with Crippen molar-refractivity contribution >= 4 is 17.3 Å². The van der Waals surface area contributed by atoms with Crippen molar-refractivity contribution in [3.05, 3.63) is 72.6 Å². The van der Waals surface area contributed by atoms with Crippen LogP contribution < -0.4 is 5.32 Å². The molecule has 154 valence electrons. The van der Waals surface area contributed by atoms with Crippen LogP contribution in [-0.2, 0) is 13.1 Å². The zero-order valence-electron chi connectivity index (χ0n) is 16.9. The van der Waals surface area contributed by atoms with Crippen LogP contribution in [0.2, 0.25) is 0 Å². The van der Waals surface area contributed by atoms with Gasteiger partial charge in [0.05, 0.1) is 36.9 Å². The Labute approximate surface area is 175 Å². The van der Waals surface area contributed by atoms with Gasteiger partial charge in [-0.15, -0.1) is 0 Å². The van der Waals surface area contributed by atoms with Gasteiger partial charge in [0.15, 0.2) is 0 Å². The number of aromatic nitrogens is 4. The van der Waals surface area contributed by atoms with E-state index in [4.69, 9.17) is 0 Å². The number of fused-ring (bicyclic) bond motifs is 2. The molecule has 0 aliphatic heterocycles. The SMILES string of the molecule is O=C(NC1CCCCC1)N(Cc1cnc2ccccn12)Cc1cnc2ccccn12. The number of hydrogen-bond acceptors (Lipinski definition) is 3. The highest BCUT2D eigenvalue weighted by Gasteiger charge is 2.22. The van der Waals surface area contributed by atoms with Crippen molar-refractivity contribution in [1.29, 1.82) is 0 Å². The molecule has 0 saturated heterocycles. The first kappa shape index (κ1) is 18.7. The molecular formula is C23H26N6O. The number of urea groups is 1. The van der Waals surface area contributed by atoms with Crippen molar-refractivity contribution in [3.8, 4) is 0 Å². The number of nitrogens with one attached hydrogen (secondary N) is 1. The number of imidazole rings is 2. The molecule has 0 radical (unpaired) electrons. The fourth-order valence-corrected chi connectivity index (χ4v) is 4.31. The topological polar surface area (TPSA) is 66.9 Å². The standard InChI is InChI=1S/C23H26N6O/c30-23(26-18-8-2-1-3-9-18)27(16-19-14-24-21-10-4-6-12-28(19)21)17-20-15-25-22-11-5-7-13-29(20)22/h4-7,10-15,18H,1-3,8-9,16-17H2,(H,26,30). The van der Waals surface area contributed by atoms with Crippen molar-refractivity contribution in [3.63, 3.8) is 0 Å². The number of nitrogens with zero attached hydrogens (tertiary/aromatic N) is 5. The average molecular weight is 403 g/mol. The van der Waals surface area contributed by atoms with Crippen molar-refractivity contribution in [2.45, 2.75) is 51.2 Å². The molecule has 4 aromatic heterocycles. The van der Waals surface area contributed by atoms with Crippen LogP contribution in [-0.4, -0.2) is 35.7 Å². The molecule has 0 aromatic carbocycles. The van der Waals surface area contributed by atoms with Crippen LogP contribution in [0.3, 0.4) is 0 Å². The van der Waals surface area contributed by atoms with Crippen LogP contribution in [0.25, 0.3) is 11.3 Å². The molecule has 1 aliphatic carbocycles. The van der Waals surface area contributed by atoms with Gasteiger partial charge in [-0.1, -0.05) is 31.4 Å². The summed E-state index contributed by atoms with van der Waals surface area (Å²) in [6, 6.07) is 12.1. The number of pyridine rings is 2. The summed E-state index contributed by atoms with van der Waals surface area (Å²) in [7, 11) is 0. The zero-order chi connectivity index (χ0) is 20.3. The normalized spacial score (nSPS) is 14.9.